The van der Waals surface area contributed by atoms with Crippen LogP contribution in [0.3, 0.4) is 0 Å². The molecular weight excluding hydrogens is 310 g/mol. The molecular formula is C17H17N3O4. The van der Waals surface area contributed by atoms with Gasteiger partial charge < -0.3 is 15.2 Å². The zero-order valence-corrected chi connectivity index (χ0v) is 13.2. The van der Waals surface area contributed by atoms with Crippen molar-refractivity contribution in [3.63, 3.8) is 0 Å². The number of nitrogens with one attached hydrogen (secondary N) is 2. The molecule has 0 saturated carbocycles. The number of hydrogen-bond donors (Lipinski definition) is 3. The molecule has 0 atom stereocenters. The first kappa shape index (κ1) is 17.0. The van der Waals surface area contributed by atoms with Crippen LogP contribution in [-0.2, 0) is 9.59 Å². The summed E-state index contributed by atoms with van der Waals surface area (Å²) in [7, 11) is 1.49. The largest absolute Gasteiger partial charge is 0.507 e. The van der Waals surface area contributed by atoms with E-state index in [0.717, 1.165) is 5.56 Å². The normalized spacial score (nSPS) is 10.4. The summed E-state index contributed by atoms with van der Waals surface area (Å²) in [4.78, 5) is 23.5. The molecule has 0 fully saturated rings. The molecule has 24 heavy (non-hydrogen) atoms. The molecule has 3 N–H and O–H groups in total. The summed E-state index contributed by atoms with van der Waals surface area (Å²) in [5.74, 6) is -1.27. The predicted molar refractivity (Wildman–Crippen MR) is 90.2 cm³/mol. The number of rotatable bonds is 4. The van der Waals surface area contributed by atoms with Crippen LogP contribution in [0.4, 0.5) is 5.69 Å². The summed E-state index contributed by atoms with van der Waals surface area (Å²) in [6.07, 6.45) is 1.22. The molecule has 124 valence electrons. The molecule has 2 rings (SSSR count). The zero-order valence-electron chi connectivity index (χ0n) is 13.2. The monoisotopic (exact) mass is 327 g/mol. The number of anilines is 1. The third-order valence-corrected chi connectivity index (χ3v) is 3.09. The number of phenols is 1. The lowest BCUT2D eigenvalue weighted by atomic mass is 10.2. The van der Waals surface area contributed by atoms with Gasteiger partial charge in [-0.2, -0.15) is 5.10 Å². The van der Waals surface area contributed by atoms with Crippen molar-refractivity contribution in [3.8, 4) is 11.5 Å². The van der Waals surface area contributed by atoms with Crippen LogP contribution < -0.4 is 15.5 Å². The maximum atomic E-state index is 11.8. The molecule has 0 aromatic heterocycles. The molecule has 2 amide bonds. The number of ether oxygens (including phenoxy) is 1. The average Bonchev–Trinajstić information content (AvgIpc) is 2.56. The minimum Gasteiger partial charge on any atom is -0.507 e. The Balaban J connectivity index is 1.96. The number of aryl methyl sites for hydroxylation is 1. The number of benzene rings is 2. The highest BCUT2D eigenvalue weighted by Gasteiger charge is 2.12. The first-order chi connectivity index (χ1) is 11.5. The molecule has 0 radical (unpaired) electrons. The summed E-state index contributed by atoms with van der Waals surface area (Å²) < 4.78 is 5.03. The van der Waals surface area contributed by atoms with Crippen LogP contribution in [0.5, 0.6) is 11.5 Å². The number of hydrazone groups is 1. The molecule has 0 saturated heterocycles. The Hall–Kier alpha value is -3.35. The van der Waals surface area contributed by atoms with E-state index in [9.17, 15) is 14.7 Å². The molecule has 0 spiro atoms. The fraction of sp³-hybridized carbons (Fsp3) is 0.118. The van der Waals surface area contributed by atoms with Gasteiger partial charge in [-0.1, -0.05) is 12.1 Å². The van der Waals surface area contributed by atoms with E-state index in [1.54, 1.807) is 24.3 Å². The van der Waals surface area contributed by atoms with Gasteiger partial charge in [-0.05, 0) is 42.8 Å². The lowest BCUT2D eigenvalue weighted by molar-refractivity contribution is -0.136. The Morgan fingerprint density at radius 1 is 1.17 bits per heavy atom. The van der Waals surface area contributed by atoms with Crippen molar-refractivity contribution in [2.75, 3.05) is 12.4 Å². The van der Waals surface area contributed by atoms with Crippen molar-refractivity contribution < 1.29 is 19.4 Å². The van der Waals surface area contributed by atoms with E-state index < -0.39 is 11.8 Å². The van der Waals surface area contributed by atoms with Gasteiger partial charge >= 0.3 is 11.8 Å². The van der Waals surface area contributed by atoms with E-state index in [-0.39, 0.29) is 5.75 Å². The molecule has 2 aromatic rings. The van der Waals surface area contributed by atoms with Crippen LogP contribution >= 0.6 is 0 Å². The van der Waals surface area contributed by atoms with Gasteiger partial charge in [0.1, 0.15) is 11.5 Å². The second kappa shape index (κ2) is 7.77. The highest BCUT2D eigenvalue weighted by atomic mass is 16.5. The van der Waals surface area contributed by atoms with Gasteiger partial charge in [0, 0.05) is 11.3 Å². The molecule has 0 aliphatic carbocycles. The zero-order chi connectivity index (χ0) is 17.5. The van der Waals surface area contributed by atoms with Gasteiger partial charge in [0.05, 0.1) is 13.3 Å². The van der Waals surface area contributed by atoms with Crippen molar-refractivity contribution >= 4 is 23.7 Å². The molecule has 0 heterocycles. The Morgan fingerprint density at radius 3 is 2.67 bits per heavy atom. The maximum absolute atomic E-state index is 11.8. The van der Waals surface area contributed by atoms with Gasteiger partial charge in [-0.25, -0.2) is 5.43 Å². The van der Waals surface area contributed by atoms with E-state index in [0.29, 0.717) is 17.0 Å². The fourth-order valence-electron chi connectivity index (χ4n) is 1.88. The topological polar surface area (TPSA) is 100 Å². The number of carbonyl (C=O) groups excluding carboxylic acids is 2. The summed E-state index contributed by atoms with van der Waals surface area (Å²) in [6, 6.07) is 11.6. The van der Waals surface area contributed by atoms with Gasteiger partial charge in [0.2, 0.25) is 0 Å². The first-order valence-corrected chi connectivity index (χ1v) is 7.07. The summed E-state index contributed by atoms with van der Waals surface area (Å²) >= 11 is 0. The van der Waals surface area contributed by atoms with E-state index >= 15 is 0 Å². The number of carbonyl (C=O) groups is 2. The van der Waals surface area contributed by atoms with Crippen molar-refractivity contribution in [2.45, 2.75) is 6.92 Å². The Morgan fingerprint density at radius 2 is 1.96 bits per heavy atom. The van der Waals surface area contributed by atoms with Crippen molar-refractivity contribution in [1.29, 1.82) is 0 Å². The van der Waals surface area contributed by atoms with Crippen LogP contribution in [0.15, 0.2) is 47.6 Å². The fourth-order valence-corrected chi connectivity index (χ4v) is 1.88. The highest BCUT2D eigenvalue weighted by molar-refractivity contribution is 6.39. The van der Waals surface area contributed by atoms with E-state index in [4.69, 9.17) is 4.74 Å². The third kappa shape index (κ3) is 4.57. The van der Waals surface area contributed by atoms with Crippen molar-refractivity contribution in [2.24, 2.45) is 5.10 Å². The number of phenolic OH excluding ortho intramolecular Hbond substituents is 1. The SMILES string of the molecule is COc1ccc(O)c(/C=N/NC(=O)C(=O)Nc2cccc(C)c2)c1. The van der Waals surface area contributed by atoms with E-state index in [1.807, 2.05) is 13.0 Å². The van der Waals surface area contributed by atoms with Gasteiger partial charge in [0.25, 0.3) is 0 Å². The standard InChI is InChI=1S/C17H17N3O4/c1-11-4-3-5-13(8-11)19-16(22)17(23)20-18-10-12-9-14(24-2)6-7-15(12)21/h3-10,21H,1-2H3,(H,19,22)(H,20,23)/b18-10+. The van der Waals surface area contributed by atoms with Crippen LogP contribution in [0, 0.1) is 6.92 Å². The second-order valence-corrected chi connectivity index (χ2v) is 4.95. The minimum absolute atomic E-state index is 0.0296. The first-order valence-electron chi connectivity index (χ1n) is 7.07. The summed E-state index contributed by atoms with van der Waals surface area (Å²) in [6.45, 7) is 1.88. The third-order valence-electron chi connectivity index (χ3n) is 3.09. The quantitative estimate of drug-likeness (QED) is 0.453. The van der Waals surface area contributed by atoms with Crippen molar-refractivity contribution in [1.82, 2.24) is 5.43 Å². The number of methoxy groups -OCH3 is 1. The predicted octanol–water partition coefficient (Wildman–Crippen LogP) is 1.80. The van der Waals surface area contributed by atoms with E-state index in [1.165, 1.54) is 25.5 Å². The highest BCUT2D eigenvalue weighted by Crippen LogP contribution is 2.20. The molecule has 7 heteroatoms. The lowest BCUT2D eigenvalue weighted by Crippen LogP contribution is -2.32. The summed E-state index contributed by atoms with van der Waals surface area (Å²) in [5.41, 5.74) is 3.91. The van der Waals surface area contributed by atoms with Gasteiger partial charge in [0.15, 0.2) is 0 Å². The minimum atomic E-state index is -0.921. The summed E-state index contributed by atoms with van der Waals surface area (Å²) in [5, 5.41) is 15.8. The lowest BCUT2D eigenvalue weighted by Gasteiger charge is -2.05. The van der Waals surface area contributed by atoms with Crippen LogP contribution in [0.25, 0.3) is 0 Å². The molecule has 0 aliphatic rings. The Bertz CT molecular complexity index is 787. The van der Waals surface area contributed by atoms with Crippen LogP contribution in [-0.4, -0.2) is 30.2 Å². The number of amides is 2. The molecule has 0 aliphatic heterocycles. The van der Waals surface area contributed by atoms with E-state index in [2.05, 4.69) is 15.8 Å². The number of aromatic hydroxyl groups is 1. The van der Waals surface area contributed by atoms with Crippen LogP contribution in [0.1, 0.15) is 11.1 Å². The molecule has 2 aromatic carbocycles. The number of hydrogen-bond acceptors (Lipinski definition) is 5. The molecule has 0 unspecified atom stereocenters. The molecule has 0 bridgehead atoms. The van der Waals surface area contributed by atoms with Crippen LogP contribution in [0.2, 0.25) is 0 Å². The smallest absolute Gasteiger partial charge is 0.329 e. The second-order valence-electron chi connectivity index (χ2n) is 4.95. The Kier molecular flexibility index (Phi) is 5.51. The Labute approximate surface area is 139 Å². The molecule has 7 nitrogen and oxygen atoms in total. The van der Waals surface area contributed by atoms with Gasteiger partial charge in [-0.15, -0.1) is 0 Å². The maximum Gasteiger partial charge on any atom is 0.329 e. The average molecular weight is 327 g/mol. The van der Waals surface area contributed by atoms with Crippen molar-refractivity contribution in [3.05, 3.63) is 53.6 Å². The number of nitrogens with zero attached hydrogens (tertiary/aromatic N) is 1. The van der Waals surface area contributed by atoms with Gasteiger partial charge in [-0.3, -0.25) is 9.59 Å².